The van der Waals surface area contributed by atoms with Crippen molar-refractivity contribution in [2.45, 2.75) is 45.9 Å². The summed E-state index contributed by atoms with van der Waals surface area (Å²) in [6, 6.07) is 0. The minimum atomic E-state index is -0.0985. The van der Waals surface area contributed by atoms with Gasteiger partial charge in [0.2, 0.25) is 0 Å². The summed E-state index contributed by atoms with van der Waals surface area (Å²) in [5, 5.41) is 19.1. The van der Waals surface area contributed by atoms with Gasteiger partial charge in [0.25, 0.3) is 0 Å². The first-order valence-electron chi connectivity index (χ1n) is 7.74. The number of aromatic amines is 1. The third-order valence-electron chi connectivity index (χ3n) is 3.75. The van der Waals surface area contributed by atoms with Crippen molar-refractivity contribution in [2.75, 3.05) is 19.7 Å². The summed E-state index contributed by atoms with van der Waals surface area (Å²) < 4.78 is 7.67. The van der Waals surface area contributed by atoms with Gasteiger partial charge in [-0.05, 0) is 23.8 Å². The largest absolute Gasteiger partial charge is 0.367 e. The van der Waals surface area contributed by atoms with Gasteiger partial charge in [-0.25, -0.2) is 9.67 Å². The lowest BCUT2D eigenvalue weighted by Gasteiger charge is -2.31. The van der Waals surface area contributed by atoms with E-state index in [0.717, 1.165) is 50.7 Å². The normalized spacial score (nSPS) is 19.6. The summed E-state index contributed by atoms with van der Waals surface area (Å²) in [6.07, 6.45) is 2.11. The Hall–Kier alpha value is -1.87. The smallest absolute Gasteiger partial charge is 0.180 e. The highest BCUT2D eigenvalue weighted by atomic mass is 16.5. The average Bonchev–Trinajstić information content (AvgIpc) is 3.15. The fourth-order valence-electron chi connectivity index (χ4n) is 2.52. The molecule has 0 unspecified atom stereocenters. The van der Waals surface area contributed by atoms with Gasteiger partial charge in [-0.15, -0.1) is 5.10 Å². The first-order valence-corrected chi connectivity index (χ1v) is 7.74. The maximum absolute atomic E-state index is 5.78. The van der Waals surface area contributed by atoms with Crippen LogP contribution in [0.15, 0.2) is 0 Å². The minimum Gasteiger partial charge on any atom is -0.367 e. The number of hydrogen-bond acceptors (Lipinski definition) is 7. The van der Waals surface area contributed by atoms with Crippen LogP contribution in [0.3, 0.4) is 0 Å². The van der Waals surface area contributed by atoms with E-state index in [2.05, 4.69) is 42.5 Å². The molecule has 0 aromatic carbocycles. The predicted molar refractivity (Wildman–Crippen MR) is 77.8 cm³/mol. The Bertz CT molecular complexity index is 594. The molecule has 1 atom stereocenters. The van der Waals surface area contributed by atoms with E-state index < -0.39 is 0 Å². The molecular weight excluding hydrogens is 284 g/mol. The van der Waals surface area contributed by atoms with Gasteiger partial charge in [0, 0.05) is 19.6 Å². The molecule has 2 aromatic rings. The number of rotatable bonds is 6. The molecule has 120 valence electrons. The molecule has 0 bridgehead atoms. The van der Waals surface area contributed by atoms with Gasteiger partial charge in [-0.1, -0.05) is 13.3 Å². The van der Waals surface area contributed by atoms with Crippen LogP contribution in [0.2, 0.25) is 0 Å². The molecule has 1 N–H and O–H groups in total. The van der Waals surface area contributed by atoms with Crippen LogP contribution in [-0.4, -0.2) is 60.0 Å². The Labute approximate surface area is 129 Å². The Morgan fingerprint density at radius 1 is 1.41 bits per heavy atom. The number of morpholine rings is 1. The summed E-state index contributed by atoms with van der Waals surface area (Å²) in [5.74, 6) is 2.42. The molecule has 1 fully saturated rings. The Morgan fingerprint density at radius 2 is 2.32 bits per heavy atom. The summed E-state index contributed by atoms with van der Waals surface area (Å²) >= 11 is 0. The number of ether oxygens (including phenoxy) is 1. The van der Waals surface area contributed by atoms with Crippen LogP contribution >= 0.6 is 0 Å². The van der Waals surface area contributed by atoms with Crippen LogP contribution in [-0.2, 0) is 17.8 Å². The molecule has 9 heteroatoms. The van der Waals surface area contributed by atoms with Gasteiger partial charge in [-0.3, -0.25) is 10.00 Å². The molecule has 0 saturated carbocycles. The maximum Gasteiger partial charge on any atom is 0.180 e. The van der Waals surface area contributed by atoms with Crippen molar-refractivity contribution in [3.63, 3.8) is 0 Å². The number of nitrogens with zero attached hydrogens (tertiary/aromatic N) is 7. The van der Waals surface area contributed by atoms with E-state index in [1.54, 1.807) is 0 Å². The minimum absolute atomic E-state index is 0.0985. The van der Waals surface area contributed by atoms with Crippen molar-refractivity contribution in [3.05, 3.63) is 17.5 Å². The van der Waals surface area contributed by atoms with Crippen molar-refractivity contribution in [3.8, 4) is 0 Å². The van der Waals surface area contributed by atoms with Crippen LogP contribution in [0.1, 0.15) is 43.3 Å². The highest BCUT2D eigenvalue weighted by Crippen LogP contribution is 2.20. The lowest BCUT2D eigenvalue weighted by atomic mass is 10.2. The molecule has 0 radical (unpaired) electrons. The zero-order valence-electron chi connectivity index (χ0n) is 13.1. The zero-order valence-corrected chi connectivity index (χ0v) is 13.1. The first-order chi connectivity index (χ1) is 10.8. The van der Waals surface area contributed by atoms with Crippen LogP contribution in [0.25, 0.3) is 0 Å². The highest BCUT2D eigenvalue weighted by Gasteiger charge is 2.26. The molecule has 9 nitrogen and oxygen atoms in total. The van der Waals surface area contributed by atoms with E-state index >= 15 is 0 Å². The summed E-state index contributed by atoms with van der Waals surface area (Å²) in [7, 11) is 0. The number of H-pyrrole nitrogens is 1. The van der Waals surface area contributed by atoms with Crippen LogP contribution in [0, 0.1) is 6.92 Å². The van der Waals surface area contributed by atoms with Gasteiger partial charge in [0.15, 0.2) is 11.6 Å². The number of unbranched alkanes of at least 4 members (excludes halogenated alkanes) is 1. The van der Waals surface area contributed by atoms with E-state index in [-0.39, 0.29) is 6.10 Å². The lowest BCUT2D eigenvalue weighted by molar-refractivity contribution is -0.0381. The third-order valence-corrected chi connectivity index (χ3v) is 3.75. The van der Waals surface area contributed by atoms with Crippen LogP contribution in [0.5, 0.6) is 0 Å². The number of tetrazole rings is 1. The monoisotopic (exact) mass is 306 g/mol. The van der Waals surface area contributed by atoms with E-state index in [9.17, 15) is 0 Å². The second kappa shape index (κ2) is 6.93. The van der Waals surface area contributed by atoms with Gasteiger partial charge in [-0.2, -0.15) is 5.10 Å². The molecule has 1 aliphatic heterocycles. The molecule has 0 spiro atoms. The molecule has 1 aliphatic rings. The Kier molecular flexibility index (Phi) is 4.74. The SMILES string of the molecule is CCCCn1nnnc1CN1CCO[C@H](c2n[nH]c(C)n2)C1. The molecule has 3 rings (SSSR count). The van der Waals surface area contributed by atoms with Gasteiger partial charge < -0.3 is 4.74 Å². The lowest BCUT2D eigenvalue weighted by Crippen LogP contribution is -2.38. The molecule has 2 aromatic heterocycles. The number of aryl methyl sites for hydroxylation is 2. The topological polar surface area (TPSA) is 97.6 Å². The van der Waals surface area contributed by atoms with Crippen LogP contribution in [0.4, 0.5) is 0 Å². The van der Waals surface area contributed by atoms with Crippen molar-refractivity contribution < 1.29 is 4.74 Å². The number of aromatic nitrogens is 7. The average molecular weight is 306 g/mol. The zero-order chi connectivity index (χ0) is 15.4. The number of hydrogen-bond donors (Lipinski definition) is 1. The summed E-state index contributed by atoms with van der Waals surface area (Å²) in [6.45, 7) is 7.91. The first kappa shape index (κ1) is 15.0. The fourth-order valence-corrected chi connectivity index (χ4v) is 2.52. The van der Waals surface area contributed by atoms with Gasteiger partial charge >= 0.3 is 0 Å². The molecule has 22 heavy (non-hydrogen) atoms. The van der Waals surface area contributed by atoms with Crippen molar-refractivity contribution >= 4 is 0 Å². The molecule has 0 aliphatic carbocycles. The van der Waals surface area contributed by atoms with Crippen LogP contribution < -0.4 is 0 Å². The Balaban J connectivity index is 1.62. The van der Waals surface area contributed by atoms with Crippen molar-refractivity contribution in [1.29, 1.82) is 0 Å². The fraction of sp³-hybridized carbons (Fsp3) is 0.769. The highest BCUT2D eigenvalue weighted by molar-refractivity contribution is 4.96. The Morgan fingerprint density at radius 3 is 3.09 bits per heavy atom. The third kappa shape index (κ3) is 3.47. The second-order valence-electron chi connectivity index (χ2n) is 5.55. The van der Waals surface area contributed by atoms with E-state index in [1.165, 1.54) is 0 Å². The summed E-state index contributed by atoms with van der Waals surface area (Å²) in [4.78, 5) is 6.65. The van der Waals surface area contributed by atoms with Crippen molar-refractivity contribution in [2.24, 2.45) is 0 Å². The quantitative estimate of drug-likeness (QED) is 0.828. The van der Waals surface area contributed by atoms with E-state index in [4.69, 9.17) is 4.74 Å². The molecular formula is C13H22N8O. The van der Waals surface area contributed by atoms with E-state index in [0.29, 0.717) is 12.4 Å². The molecule has 0 amide bonds. The second-order valence-corrected chi connectivity index (χ2v) is 5.55. The predicted octanol–water partition coefficient (Wildman–Crippen LogP) is 0.473. The number of nitrogens with one attached hydrogen (secondary N) is 1. The summed E-state index contributed by atoms with van der Waals surface area (Å²) in [5.41, 5.74) is 0. The van der Waals surface area contributed by atoms with Gasteiger partial charge in [0.1, 0.15) is 11.9 Å². The maximum atomic E-state index is 5.78. The standard InChI is InChI=1S/C13H22N8O/c1-3-4-5-21-12(16-18-19-21)9-20-6-7-22-11(8-20)13-14-10(2)15-17-13/h11H,3-9H2,1-2H3,(H,14,15,17)/t11-/m0/s1. The van der Waals surface area contributed by atoms with Crippen molar-refractivity contribution in [1.82, 2.24) is 40.3 Å². The molecule has 1 saturated heterocycles. The van der Waals surface area contributed by atoms with Gasteiger partial charge in [0.05, 0.1) is 13.2 Å². The molecule has 3 heterocycles. The van der Waals surface area contributed by atoms with E-state index in [1.807, 2.05) is 11.6 Å².